The molecule has 8 nitrogen and oxygen atoms in total. The number of alkyl halides is 1. The van der Waals surface area contributed by atoms with Crippen LogP contribution in [-0.2, 0) is 18.9 Å². The van der Waals surface area contributed by atoms with Crippen molar-refractivity contribution in [2.45, 2.75) is 13.8 Å². The van der Waals surface area contributed by atoms with E-state index in [9.17, 15) is 14.7 Å². The van der Waals surface area contributed by atoms with Crippen LogP contribution in [0.25, 0.3) is 0 Å². The molecule has 1 N–H and O–H groups in total. The molecule has 11 heteroatoms. The lowest BCUT2D eigenvalue weighted by Gasteiger charge is -2.13. The summed E-state index contributed by atoms with van der Waals surface area (Å²) in [6, 6.07) is 6.68. The molecule has 0 saturated heterocycles. The SMILES string of the molecule is COC(=O)c1ccc(Br)c(O)c1C.COCCBr.COCCOc1c(Br)ccc(C(=O)OC)c1C. The van der Waals surface area contributed by atoms with Gasteiger partial charge in [-0.2, -0.15) is 0 Å². The molecule has 0 aliphatic rings. The van der Waals surface area contributed by atoms with Crippen LogP contribution < -0.4 is 4.74 Å². The predicted molar refractivity (Wildman–Crippen MR) is 145 cm³/mol. The fourth-order valence-corrected chi connectivity index (χ4v) is 3.77. The zero-order chi connectivity index (χ0) is 27.0. The van der Waals surface area contributed by atoms with Gasteiger partial charge >= 0.3 is 11.9 Å². The van der Waals surface area contributed by atoms with E-state index in [4.69, 9.17) is 14.2 Å². The number of rotatable bonds is 8. The third-order valence-electron chi connectivity index (χ3n) is 4.37. The number of carbonyl (C=O) groups excluding carboxylic acids is 2. The molecular weight excluding hydrogens is 656 g/mol. The predicted octanol–water partition coefficient (Wildman–Crippen LogP) is 5.85. The Morgan fingerprint density at radius 1 is 0.771 bits per heavy atom. The maximum atomic E-state index is 11.5. The Balaban J connectivity index is 0.000000567. The normalized spacial score (nSPS) is 9.74. The highest BCUT2D eigenvalue weighted by Gasteiger charge is 2.16. The van der Waals surface area contributed by atoms with Crippen molar-refractivity contribution in [1.82, 2.24) is 0 Å². The van der Waals surface area contributed by atoms with Gasteiger partial charge in [0, 0.05) is 30.7 Å². The highest BCUT2D eigenvalue weighted by molar-refractivity contribution is 9.11. The zero-order valence-electron chi connectivity index (χ0n) is 20.6. The van der Waals surface area contributed by atoms with Crippen LogP contribution in [0.5, 0.6) is 11.5 Å². The van der Waals surface area contributed by atoms with Gasteiger partial charge in [0.1, 0.15) is 18.1 Å². The molecule has 0 saturated carbocycles. The molecular formula is C24H31Br3O8. The van der Waals surface area contributed by atoms with E-state index in [-0.39, 0.29) is 11.7 Å². The molecule has 0 unspecified atom stereocenters. The van der Waals surface area contributed by atoms with E-state index in [2.05, 4.69) is 57.3 Å². The maximum absolute atomic E-state index is 11.5. The van der Waals surface area contributed by atoms with Crippen molar-refractivity contribution < 1.29 is 38.4 Å². The van der Waals surface area contributed by atoms with Crippen molar-refractivity contribution in [2.75, 3.05) is 53.6 Å². The summed E-state index contributed by atoms with van der Waals surface area (Å²) < 4.78 is 25.7. The van der Waals surface area contributed by atoms with Crippen molar-refractivity contribution in [1.29, 1.82) is 0 Å². The largest absolute Gasteiger partial charge is 0.506 e. The summed E-state index contributed by atoms with van der Waals surface area (Å²) in [5, 5.41) is 10.4. The highest BCUT2D eigenvalue weighted by atomic mass is 79.9. The van der Waals surface area contributed by atoms with Gasteiger partial charge in [0.25, 0.3) is 0 Å². The molecule has 2 rings (SSSR count). The highest BCUT2D eigenvalue weighted by Crippen LogP contribution is 2.32. The number of benzene rings is 2. The maximum Gasteiger partial charge on any atom is 0.338 e. The van der Waals surface area contributed by atoms with Gasteiger partial charge in [-0.1, -0.05) is 15.9 Å². The summed E-state index contributed by atoms with van der Waals surface area (Å²) in [6.07, 6.45) is 0. The average Bonchev–Trinajstić information content (AvgIpc) is 2.85. The Hall–Kier alpha value is -1.66. The second-order valence-electron chi connectivity index (χ2n) is 6.62. The van der Waals surface area contributed by atoms with Gasteiger partial charge in [-0.25, -0.2) is 9.59 Å². The molecule has 35 heavy (non-hydrogen) atoms. The summed E-state index contributed by atoms with van der Waals surface area (Å²) in [7, 11) is 5.95. The van der Waals surface area contributed by atoms with E-state index in [1.54, 1.807) is 45.4 Å². The topological polar surface area (TPSA) is 101 Å². The van der Waals surface area contributed by atoms with Gasteiger partial charge in [-0.05, 0) is 70.0 Å². The Morgan fingerprint density at radius 3 is 1.69 bits per heavy atom. The van der Waals surface area contributed by atoms with Gasteiger partial charge in [-0.3, -0.25) is 0 Å². The summed E-state index contributed by atoms with van der Waals surface area (Å²) in [4.78, 5) is 22.7. The Bertz CT molecular complexity index is 949. The minimum Gasteiger partial charge on any atom is -0.506 e. The molecule has 2 aromatic carbocycles. The smallest absolute Gasteiger partial charge is 0.338 e. The number of phenolic OH excluding ortho intramolecular Hbond substituents is 1. The Kier molecular flexibility index (Phi) is 17.7. The van der Waals surface area contributed by atoms with Crippen molar-refractivity contribution >= 4 is 59.7 Å². The molecule has 0 fully saturated rings. The van der Waals surface area contributed by atoms with Gasteiger partial charge in [0.05, 0.1) is 47.5 Å². The van der Waals surface area contributed by atoms with Crippen molar-refractivity contribution in [3.05, 3.63) is 55.5 Å². The molecule has 0 bridgehead atoms. The first-order chi connectivity index (χ1) is 16.6. The van der Waals surface area contributed by atoms with E-state index >= 15 is 0 Å². The molecule has 0 amide bonds. The summed E-state index contributed by atoms with van der Waals surface area (Å²) in [6.45, 7) is 5.21. The number of phenols is 1. The fourth-order valence-electron chi connectivity index (χ4n) is 2.47. The molecule has 0 aliphatic carbocycles. The average molecular weight is 687 g/mol. The number of hydrogen-bond acceptors (Lipinski definition) is 8. The molecule has 0 radical (unpaired) electrons. The Labute approximate surface area is 231 Å². The quantitative estimate of drug-likeness (QED) is 0.210. The van der Waals surface area contributed by atoms with E-state index in [0.717, 1.165) is 22.0 Å². The van der Waals surface area contributed by atoms with Crippen LogP contribution in [0.3, 0.4) is 0 Å². The third kappa shape index (κ3) is 11.3. The number of ether oxygens (including phenoxy) is 5. The Morgan fingerprint density at radius 2 is 1.26 bits per heavy atom. The number of carbonyl (C=O) groups is 2. The van der Waals surface area contributed by atoms with Crippen LogP contribution >= 0.6 is 47.8 Å². The van der Waals surface area contributed by atoms with E-state index in [1.807, 2.05) is 6.92 Å². The van der Waals surface area contributed by atoms with Crippen molar-refractivity contribution in [3.63, 3.8) is 0 Å². The van der Waals surface area contributed by atoms with Gasteiger partial charge < -0.3 is 28.8 Å². The number of methoxy groups -OCH3 is 4. The monoisotopic (exact) mass is 684 g/mol. The standard InChI is InChI=1S/C12H15BrO4.C9H9BrO3.C3H7BrO/c1-8-9(12(14)16-3)4-5-10(13)11(8)17-7-6-15-2;1-5-6(9(12)13-2)3-4-7(10)8(5)11;1-5-3-2-4/h4-5H,6-7H2,1-3H3;3-4,11H,1-2H3;2-3H2,1H3. The molecule has 196 valence electrons. The molecule has 0 heterocycles. The van der Waals surface area contributed by atoms with Crippen LogP contribution in [0, 0.1) is 13.8 Å². The molecule has 0 aromatic heterocycles. The van der Waals surface area contributed by atoms with Gasteiger partial charge in [-0.15, -0.1) is 0 Å². The van der Waals surface area contributed by atoms with Gasteiger partial charge in [0.2, 0.25) is 0 Å². The van der Waals surface area contributed by atoms with Crippen LogP contribution in [0.15, 0.2) is 33.2 Å². The lowest BCUT2D eigenvalue weighted by Crippen LogP contribution is -2.09. The minimum atomic E-state index is -0.444. The number of esters is 2. The van der Waals surface area contributed by atoms with Crippen LogP contribution in [0.4, 0.5) is 0 Å². The summed E-state index contributed by atoms with van der Waals surface area (Å²) in [5.74, 6) is -0.0975. The van der Waals surface area contributed by atoms with E-state index < -0.39 is 5.97 Å². The lowest BCUT2D eigenvalue weighted by atomic mass is 10.1. The first-order valence-electron chi connectivity index (χ1n) is 10.2. The molecule has 0 atom stereocenters. The summed E-state index contributed by atoms with van der Waals surface area (Å²) in [5.41, 5.74) is 2.15. The number of hydrogen-bond donors (Lipinski definition) is 1. The minimum absolute atomic E-state index is 0.0721. The third-order valence-corrected chi connectivity index (χ3v) is 5.95. The first kappa shape index (κ1) is 33.3. The van der Waals surface area contributed by atoms with Crippen molar-refractivity contribution in [3.8, 4) is 11.5 Å². The van der Waals surface area contributed by atoms with Gasteiger partial charge in [0.15, 0.2) is 0 Å². The van der Waals surface area contributed by atoms with E-state index in [0.29, 0.717) is 40.1 Å². The van der Waals surface area contributed by atoms with Crippen LogP contribution in [0.2, 0.25) is 0 Å². The van der Waals surface area contributed by atoms with E-state index in [1.165, 1.54) is 14.2 Å². The van der Waals surface area contributed by atoms with Crippen LogP contribution in [-0.4, -0.2) is 70.6 Å². The number of aromatic hydroxyl groups is 1. The number of halogens is 3. The lowest BCUT2D eigenvalue weighted by molar-refractivity contribution is 0.0590. The zero-order valence-corrected chi connectivity index (χ0v) is 25.3. The fraction of sp³-hybridized carbons (Fsp3) is 0.417. The summed E-state index contributed by atoms with van der Waals surface area (Å²) >= 11 is 9.72. The molecule has 0 spiro atoms. The molecule has 2 aromatic rings. The second-order valence-corrected chi connectivity index (χ2v) is 9.13. The first-order valence-corrected chi connectivity index (χ1v) is 12.9. The molecule has 0 aliphatic heterocycles. The van der Waals surface area contributed by atoms with Crippen molar-refractivity contribution in [2.24, 2.45) is 0 Å². The second kappa shape index (κ2) is 18.6. The van der Waals surface area contributed by atoms with Crippen LogP contribution in [0.1, 0.15) is 31.8 Å².